The molecule has 1 aromatic carbocycles. The third-order valence-corrected chi connectivity index (χ3v) is 6.81. The monoisotopic (exact) mass is 372 g/mol. The van der Waals surface area contributed by atoms with Crippen LogP contribution in [0.25, 0.3) is 0 Å². The van der Waals surface area contributed by atoms with Crippen LogP contribution in [0.15, 0.2) is 12.1 Å². The molecule has 4 bridgehead atoms. The van der Waals surface area contributed by atoms with Gasteiger partial charge in [-0.15, -0.1) is 0 Å². The second kappa shape index (κ2) is 6.84. The van der Waals surface area contributed by atoms with Crippen molar-refractivity contribution in [2.75, 3.05) is 13.7 Å². The Morgan fingerprint density at radius 3 is 2.19 bits per heavy atom. The topological polar surface area (TPSA) is 61.8 Å². The molecule has 5 nitrogen and oxygen atoms in total. The van der Waals surface area contributed by atoms with Gasteiger partial charge < -0.3 is 14.2 Å². The number of ether oxygens (including phenoxy) is 3. The first-order valence-corrected chi connectivity index (χ1v) is 10.0. The van der Waals surface area contributed by atoms with E-state index in [0.717, 1.165) is 23.3 Å². The molecule has 0 saturated heterocycles. The minimum absolute atomic E-state index is 0.157. The lowest BCUT2D eigenvalue weighted by atomic mass is 9.47. The minimum atomic E-state index is -0.971. The van der Waals surface area contributed by atoms with Gasteiger partial charge in [-0.25, -0.2) is 9.59 Å². The van der Waals surface area contributed by atoms with Crippen LogP contribution in [0.1, 0.15) is 66.9 Å². The molecule has 146 valence electrons. The number of aryl methyl sites for hydroxylation is 1. The number of carbonyl (C=O) groups is 2. The second-order valence-corrected chi connectivity index (χ2v) is 8.64. The van der Waals surface area contributed by atoms with E-state index in [-0.39, 0.29) is 12.0 Å². The van der Waals surface area contributed by atoms with Crippen LogP contribution < -0.4 is 4.74 Å². The van der Waals surface area contributed by atoms with E-state index in [9.17, 15) is 9.59 Å². The van der Waals surface area contributed by atoms with Crippen LogP contribution in [0.3, 0.4) is 0 Å². The van der Waals surface area contributed by atoms with Gasteiger partial charge in [0.15, 0.2) is 0 Å². The molecule has 4 fully saturated rings. The van der Waals surface area contributed by atoms with E-state index >= 15 is 0 Å². The lowest BCUT2D eigenvalue weighted by molar-refractivity contribution is -0.00551. The molecule has 5 rings (SSSR count). The van der Waals surface area contributed by atoms with E-state index in [2.05, 4.69) is 6.92 Å². The third-order valence-electron chi connectivity index (χ3n) is 6.81. The van der Waals surface area contributed by atoms with Gasteiger partial charge >= 0.3 is 12.1 Å². The van der Waals surface area contributed by atoms with Crippen molar-refractivity contribution in [2.24, 2.45) is 17.8 Å². The van der Waals surface area contributed by atoms with Crippen LogP contribution in [0, 0.1) is 24.7 Å². The molecule has 0 aliphatic heterocycles. The van der Waals surface area contributed by atoms with Crippen molar-refractivity contribution in [1.82, 2.24) is 0 Å². The maximum Gasteiger partial charge on any atom is 0.516 e. The molecule has 1 aromatic rings. The van der Waals surface area contributed by atoms with Crippen molar-refractivity contribution in [1.29, 1.82) is 0 Å². The Balaban J connectivity index is 1.70. The molecule has 0 spiro atoms. The normalized spacial score (nSPS) is 30.9. The fourth-order valence-electron chi connectivity index (χ4n) is 6.30. The molecule has 4 aliphatic carbocycles. The van der Waals surface area contributed by atoms with Crippen molar-refractivity contribution < 1.29 is 23.8 Å². The van der Waals surface area contributed by atoms with Gasteiger partial charge in [0.05, 0.1) is 13.7 Å². The molecule has 0 aromatic heterocycles. The quantitative estimate of drug-likeness (QED) is 0.562. The number of hydrogen-bond donors (Lipinski definition) is 0. The van der Waals surface area contributed by atoms with Crippen molar-refractivity contribution in [3.8, 4) is 5.75 Å². The van der Waals surface area contributed by atoms with Crippen molar-refractivity contribution in [3.63, 3.8) is 0 Å². The molecule has 27 heavy (non-hydrogen) atoms. The smallest absolute Gasteiger partial charge is 0.496 e. The van der Waals surface area contributed by atoms with E-state index in [4.69, 9.17) is 14.2 Å². The van der Waals surface area contributed by atoms with Crippen molar-refractivity contribution in [3.05, 3.63) is 28.8 Å². The van der Waals surface area contributed by atoms with Crippen LogP contribution in [0.5, 0.6) is 5.75 Å². The first-order valence-electron chi connectivity index (χ1n) is 10.0. The Labute approximate surface area is 160 Å². The SMILES string of the molecule is CCOC(=O)OC(=O)c1cc(C23CC4CC(CC(C4)C2)C3)c(C)cc1OC. The van der Waals surface area contributed by atoms with E-state index in [1.54, 1.807) is 6.92 Å². The number of methoxy groups -OCH3 is 1. The highest BCUT2D eigenvalue weighted by atomic mass is 16.7. The summed E-state index contributed by atoms with van der Waals surface area (Å²) in [7, 11) is 1.53. The maximum atomic E-state index is 12.6. The lowest BCUT2D eigenvalue weighted by Gasteiger charge is -2.57. The maximum absolute atomic E-state index is 12.6. The largest absolute Gasteiger partial charge is 0.516 e. The van der Waals surface area contributed by atoms with Gasteiger partial charge in [0.2, 0.25) is 0 Å². The van der Waals surface area contributed by atoms with E-state index < -0.39 is 12.1 Å². The molecular formula is C22H28O5. The number of rotatable bonds is 4. The first kappa shape index (κ1) is 18.3. The Hall–Kier alpha value is -2.04. The molecule has 0 heterocycles. The first-order chi connectivity index (χ1) is 12.9. The summed E-state index contributed by atoms with van der Waals surface area (Å²) >= 11 is 0. The molecular weight excluding hydrogens is 344 g/mol. The number of benzene rings is 1. The van der Waals surface area contributed by atoms with Crippen LogP contribution >= 0.6 is 0 Å². The summed E-state index contributed by atoms with van der Waals surface area (Å²) in [5, 5.41) is 0. The van der Waals surface area contributed by atoms with Gasteiger partial charge in [-0.1, -0.05) is 0 Å². The minimum Gasteiger partial charge on any atom is -0.496 e. The average Bonchev–Trinajstić information content (AvgIpc) is 2.60. The van der Waals surface area contributed by atoms with Crippen LogP contribution in [-0.2, 0) is 14.9 Å². The van der Waals surface area contributed by atoms with Crippen LogP contribution in [0.4, 0.5) is 4.79 Å². The van der Waals surface area contributed by atoms with E-state index in [0.29, 0.717) is 11.3 Å². The molecule has 0 radical (unpaired) electrons. The zero-order chi connectivity index (χ0) is 19.2. The average molecular weight is 372 g/mol. The summed E-state index contributed by atoms with van der Waals surface area (Å²) in [4.78, 5) is 24.2. The zero-order valence-electron chi connectivity index (χ0n) is 16.4. The van der Waals surface area contributed by atoms with Crippen LogP contribution in [-0.4, -0.2) is 25.8 Å². The summed E-state index contributed by atoms with van der Waals surface area (Å²) < 4.78 is 15.0. The molecule has 0 atom stereocenters. The molecule has 0 N–H and O–H groups in total. The Morgan fingerprint density at radius 1 is 1.07 bits per heavy atom. The number of esters is 1. The van der Waals surface area contributed by atoms with Crippen LogP contribution in [0.2, 0.25) is 0 Å². The predicted molar refractivity (Wildman–Crippen MR) is 100 cm³/mol. The van der Waals surface area contributed by atoms with Crippen molar-refractivity contribution >= 4 is 12.1 Å². The second-order valence-electron chi connectivity index (χ2n) is 8.64. The highest BCUT2D eigenvalue weighted by Gasteiger charge is 2.52. The summed E-state index contributed by atoms with van der Waals surface area (Å²) in [6.07, 6.45) is 6.75. The third kappa shape index (κ3) is 3.21. The predicted octanol–water partition coefficient (Wildman–Crippen LogP) is 4.78. The molecule has 0 unspecified atom stereocenters. The standard InChI is InChI=1S/C22H28O5/c1-4-26-21(24)27-20(23)17-9-18(13(2)5-19(17)25-3)22-10-14-6-15(11-22)8-16(7-14)12-22/h5,9,14-16H,4,6-8,10-12H2,1-3H3. The fourth-order valence-corrected chi connectivity index (χ4v) is 6.30. The summed E-state index contributed by atoms with van der Waals surface area (Å²) in [6, 6.07) is 3.83. The summed E-state index contributed by atoms with van der Waals surface area (Å²) in [5.74, 6) is 2.17. The Bertz CT molecular complexity index is 731. The molecule has 4 aliphatic rings. The zero-order valence-corrected chi connectivity index (χ0v) is 16.4. The number of carbonyl (C=O) groups excluding carboxylic acids is 2. The molecule has 0 amide bonds. The number of hydrogen-bond acceptors (Lipinski definition) is 5. The van der Waals surface area contributed by atoms with Crippen molar-refractivity contribution in [2.45, 2.75) is 57.8 Å². The lowest BCUT2D eigenvalue weighted by Crippen LogP contribution is -2.48. The van der Waals surface area contributed by atoms with Gasteiger partial charge in [-0.3, -0.25) is 0 Å². The van der Waals surface area contributed by atoms with Gasteiger partial charge in [0.1, 0.15) is 11.3 Å². The fraction of sp³-hybridized carbons (Fsp3) is 0.636. The van der Waals surface area contributed by atoms with Gasteiger partial charge in [0, 0.05) is 0 Å². The van der Waals surface area contributed by atoms with Gasteiger partial charge in [-0.05, 0) is 98.8 Å². The Kier molecular flexibility index (Phi) is 4.65. The summed E-state index contributed by atoms with van der Waals surface area (Å²) in [5.41, 5.74) is 2.85. The molecule has 5 heteroatoms. The highest BCUT2D eigenvalue weighted by Crippen LogP contribution is 2.61. The van der Waals surface area contributed by atoms with Gasteiger partial charge in [-0.2, -0.15) is 0 Å². The van der Waals surface area contributed by atoms with E-state index in [1.807, 2.05) is 12.1 Å². The highest BCUT2D eigenvalue weighted by molar-refractivity contribution is 5.98. The summed E-state index contributed by atoms with van der Waals surface area (Å²) in [6.45, 7) is 3.93. The Morgan fingerprint density at radius 2 is 1.67 bits per heavy atom. The van der Waals surface area contributed by atoms with Gasteiger partial charge in [0.25, 0.3) is 0 Å². The molecule has 4 saturated carbocycles. The van der Waals surface area contributed by atoms with E-state index in [1.165, 1.54) is 51.2 Å².